The SMILES string of the molecule is Fc1ccc(F)c(SCc2ccc(Br)cc2)c1. The molecule has 0 radical (unpaired) electrons. The number of hydrogen-bond acceptors (Lipinski definition) is 1. The third-order valence-electron chi connectivity index (χ3n) is 2.20. The van der Waals surface area contributed by atoms with Gasteiger partial charge in [0.1, 0.15) is 11.6 Å². The molecule has 0 aliphatic carbocycles. The summed E-state index contributed by atoms with van der Waals surface area (Å²) >= 11 is 4.64. The van der Waals surface area contributed by atoms with Gasteiger partial charge < -0.3 is 0 Å². The average molecular weight is 315 g/mol. The monoisotopic (exact) mass is 314 g/mol. The summed E-state index contributed by atoms with van der Waals surface area (Å²) in [6, 6.07) is 11.3. The summed E-state index contributed by atoms with van der Waals surface area (Å²) in [5, 5.41) is 0. The Morgan fingerprint density at radius 2 is 1.71 bits per heavy atom. The normalized spacial score (nSPS) is 10.5. The van der Waals surface area contributed by atoms with E-state index in [1.165, 1.54) is 17.8 Å². The molecule has 0 atom stereocenters. The first-order chi connectivity index (χ1) is 8.15. The summed E-state index contributed by atoms with van der Waals surface area (Å²) < 4.78 is 27.3. The Morgan fingerprint density at radius 1 is 1.00 bits per heavy atom. The maximum Gasteiger partial charge on any atom is 0.136 e. The van der Waals surface area contributed by atoms with Gasteiger partial charge in [-0.05, 0) is 35.9 Å². The van der Waals surface area contributed by atoms with Gasteiger partial charge in [0.05, 0.1) is 0 Å². The van der Waals surface area contributed by atoms with E-state index >= 15 is 0 Å². The summed E-state index contributed by atoms with van der Waals surface area (Å²) in [6.45, 7) is 0. The second-order valence-corrected chi connectivity index (χ2v) is 5.42. The van der Waals surface area contributed by atoms with Crippen molar-refractivity contribution < 1.29 is 8.78 Å². The molecular weight excluding hydrogens is 306 g/mol. The van der Waals surface area contributed by atoms with Crippen LogP contribution < -0.4 is 0 Å². The third kappa shape index (κ3) is 3.54. The van der Waals surface area contributed by atoms with E-state index in [0.717, 1.165) is 22.2 Å². The first-order valence-electron chi connectivity index (χ1n) is 4.97. The molecule has 4 heteroatoms. The van der Waals surface area contributed by atoms with E-state index in [2.05, 4.69) is 15.9 Å². The van der Waals surface area contributed by atoms with Gasteiger partial charge in [0.15, 0.2) is 0 Å². The summed E-state index contributed by atoms with van der Waals surface area (Å²) in [6.07, 6.45) is 0. The lowest BCUT2D eigenvalue weighted by molar-refractivity contribution is 0.577. The topological polar surface area (TPSA) is 0 Å². The number of thioether (sulfide) groups is 1. The zero-order valence-corrected chi connectivity index (χ0v) is 11.2. The Kier molecular flexibility index (Phi) is 4.18. The van der Waals surface area contributed by atoms with Crippen LogP contribution in [0.15, 0.2) is 51.8 Å². The average Bonchev–Trinajstić information content (AvgIpc) is 2.32. The van der Waals surface area contributed by atoms with E-state index in [-0.39, 0.29) is 5.82 Å². The molecule has 2 rings (SSSR count). The summed E-state index contributed by atoms with van der Waals surface area (Å²) in [5.74, 6) is -0.175. The van der Waals surface area contributed by atoms with E-state index < -0.39 is 5.82 Å². The van der Waals surface area contributed by atoms with Crippen LogP contribution in [0.3, 0.4) is 0 Å². The van der Waals surface area contributed by atoms with Gasteiger partial charge >= 0.3 is 0 Å². The molecule has 0 saturated carbocycles. The van der Waals surface area contributed by atoms with Gasteiger partial charge in [0.25, 0.3) is 0 Å². The number of halogens is 3. The van der Waals surface area contributed by atoms with Gasteiger partial charge in [-0.25, -0.2) is 8.78 Å². The van der Waals surface area contributed by atoms with E-state index in [4.69, 9.17) is 0 Å². The molecule has 0 aliphatic heterocycles. The molecule has 2 aromatic carbocycles. The van der Waals surface area contributed by atoms with Crippen molar-refractivity contribution in [2.45, 2.75) is 10.6 Å². The molecule has 0 aromatic heterocycles. The van der Waals surface area contributed by atoms with Crippen LogP contribution >= 0.6 is 27.7 Å². The molecule has 0 spiro atoms. The van der Waals surface area contributed by atoms with Crippen molar-refractivity contribution in [1.82, 2.24) is 0 Å². The highest BCUT2D eigenvalue weighted by Crippen LogP contribution is 2.26. The van der Waals surface area contributed by atoms with Crippen molar-refractivity contribution in [2.24, 2.45) is 0 Å². The van der Waals surface area contributed by atoms with Crippen LogP contribution in [0.25, 0.3) is 0 Å². The molecule has 2 aromatic rings. The molecule has 0 aliphatic rings. The van der Waals surface area contributed by atoms with Gasteiger partial charge in [-0.2, -0.15) is 0 Å². The maximum atomic E-state index is 13.3. The summed E-state index contributed by atoms with van der Waals surface area (Å²) in [5.41, 5.74) is 1.07. The number of rotatable bonds is 3. The highest BCUT2D eigenvalue weighted by Gasteiger charge is 2.04. The molecule has 0 heterocycles. The first kappa shape index (κ1) is 12.6. The van der Waals surface area contributed by atoms with Crippen LogP contribution in [0.2, 0.25) is 0 Å². The lowest BCUT2D eigenvalue weighted by atomic mass is 10.2. The predicted molar refractivity (Wildman–Crippen MR) is 70.1 cm³/mol. The quantitative estimate of drug-likeness (QED) is 0.717. The molecular formula is C13H9BrF2S. The van der Waals surface area contributed by atoms with Gasteiger partial charge in [0.2, 0.25) is 0 Å². The van der Waals surface area contributed by atoms with Crippen molar-refractivity contribution in [3.05, 3.63) is 64.1 Å². The maximum absolute atomic E-state index is 13.3. The molecule has 0 saturated heterocycles. The smallest absolute Gasteiger partial charge is 0.136 e. The molecule has 0 unspecified atom stereocenters. The van der Waals surface area contributed by atoms with Crippen LogP contribution in [-0.2, 0) is 5.75 Å². The molecule has 88 valence electrons. The molecule has 0 N–H and O–H groups in total. The van der Waals surface area contributed by atoms with Crippen LogP contribution in [0.1, 0.15) is 5.56 Å². The molecule has 0 fully saturated rings. The van der Waals surface area contributed by atoms with Gasteiger partial charge in [-0.1, -0.05) is 28.1 Å². The fourth-order valence-electron chi connectivity index (χ4n) is 1.33. The van der Waals surface area contributed by atoms with Crippen molar-refractivity contribution in [3.8, 4) is 0 Å². The van der Waals surface area contributed by atoms with E-state index in [1.54, 1.807) is 0 Å². The largest absolute Gasteiger partial charge is 0.207 e. The Hall–Kier alpha value is -0.870. The minimum Gasteiger partial charge on any atom is -0.207 e. The van der Waals surface area contributed by atoms with E-state index in [9.17, 15) is 8.78 Å². The van der Waals surface area contributed by atoms with E-state index in [0.29, 0.717) is 10.6 Å². The van der Waals surface area contributed by atoms with Crippen molar-refractivity contribution in [1.29, 1.82) is 0 Å². The minimum atomic E-state index is -0.412. The van der Waals surface area contributed by atoms with Gasteiger partial charge in [-0.3, -0.25) is 0 Å². The summed E-state index contributed by atoms with van der Waals surface area (Å²) in [4.78, 5) is 0.341. The highest BCUT2D eigenvalue weighted by molar-refractivity contribution is 9.10. The zero-order valence-electron chi connectivity index (χ0n) is 8.79. The second-order valence-electron chi connectivity index (χ2n) is 3.49. The van der Waals surface area contributed by atoms with Crippen LogP contribution in [-0.4, -0.2) is 0 Å². The first-order valence-corrected chi connectivity index (χ1v) is 6.75. The lowest BCUT2D eigenvalue weighted by Gasteiger charge is -2.04. The van der Waals surface area contributed by atoms with E-state index in [1.807, 2.05) is 24.3 Å². The Bertz CT molecular complexity index is 511. The van der Waals surface area contributed by atoms with Crippen molar-refractivity contribution >= 4 is 27.7 Å². The third-order valence-corrected chi connectivity index (χ3v) is 3.83. The van der Waals surface area contributed by atoms with Crippen LogP contribution in [0, 0.1) is 11.6 Å². The van der Waals surface area contributed by atoms with Gasteiger partial charge in [0, 0.05) is 15.1 Å². The molecule has 17 heavy (non-hydrogen) atoms. The minimum absolute atomic E-state index is 0.341. The predicted octanol–water partition coefficient (Wildman–Crippen LogP) is 5.02. The Balaban J connectivity index is 2.07. The second kappa shape index (κ2) is 5.65. The fourth-order valence-corrected chi connectivity index (χ4v) is 2.51. The van der Waals surface area contributed by atoms with Crippen LogP contribution in [0.5, 0.6) is 0 Å². The number of hydrogen-bond donors (Lipinski definition) is 0. The highest BCUT2D eigenvalue weighted by atomic mass is 79.9. The van der Waals surface area contributed by atoms with Crippen LogP contribution in [0.4, 0.5) is 8.78 Å². The fraction of sp³-hybridized carbons (Fsp3) is 0.0769. The molecule has 0 nitrogen and oxygen atoms in total. The lowest BCUT2D eigenvalue weighted by Crippen LogP contribution is -1.85. The Morgan fingerprint density at radius 3 is 2.41 bits per heavy atom. The van der Waals surface area contributed by atoms with Gasteiger partial charge in [-0.15, -0.1) is 11.8 Å². The molecule has 0 bridgehead atoms. The molecule has 0 amide bonds. The van der Waals surface area contributed by atoms with Crippen molar-refractivity contribution in [3.63, 3.8) is 0 Å². The Labute approximate surface area is 111 Å². The standard InChI is InChI=1S/C13H9BrF2S/c14-10-3-1-9(2-4-10)8-17-13-7-11(15)5-6-12(13)16/h1-7H,8H2. The van der Waals surface area contributed by atoms with Crippen molar-refractivity contribution in [2.75, 3.05) is 0 Å². The zero-order chi connectivity index (χ0) is 12.3. The number of benzene rings is 2. The summed E-state index contributed by atoms with van der Waals surface area (Å²) in [7, 11) is 0.